The molecule has 0 aromatic rings. The Kier molecular flexibility index (Phi) is 4.99. The van der Waals surface area contributed by atoms with Gasteiger partial charge in [-0.2, -0.15) is 0 Å². The third kappa shape index (κ3) is 5.01. The number of hydrogen-bond donors (Lipinski definition) is 3. The maximum atomic E-state index is 10.6. The minimum Gasteiger partial charge on any atom is -0.478 e. The Morgan fingerprint density at radius 2 is 2.06 bits per heavy atom. The minimum absolute atomic E-state index is 0.461. The lowest BCUT2D eigenvalue weighted by atomic mass is 10.2. The summed E-state index contributed by atoms with van der Waals surface area (Å²) in [5, 5.41) is 23.7. The molecule has 0 radical (unpaired) electrons. The first-order chi connectivity index (χ1) is 8.09. The highest BCUT2D eigenvalue weighted by Crippen LogP contribution is 2.06. The van der Waals surface area contributed by atoms with Gasteiger partial charge in [-0.05, 0) is 12.8 Å². The van der Waals surface area contributed by atoms with Gasteiger partial charge in [0.05, 0.1) is 6.08 Å². The monoisotopic (exact) mass is 242 g/mol. The highest BCUT2D eigenvalue weighted by molar-refractivity contribution is 5.93. The maximum Gasteiger partial charge on any atom is 0.374 e. The van der Waals surface area contributed by atoms with Crippen LogP contribution in [-0.2, 0) is 14.4 Å². The standard InChI is InChI=1S/C10H14N2O5/c13-9(14)6-7(10(15)16)17-12-8-4-2-1-3-5-11-8/h6H,1-5H2,(H,11,12)(H,13,14)(H,15,16)/b7-6-. The summed E-state index contributed by atoms with van der Waals surface area (Å²) in [6, 6.07) is 0. The topological polar surface area (TPSA) is 108 Å². The molecule has 7 nitrogen and oxygen atoms in total. The molecule has 1 rings (SSSR count). The number of amidine groups is 1. The van der Waals surface area contributed by atoms with Crippen molar-refractivity contribution < 1.29 is 24.6 Å². The molecule has 0 amide bonds. The van der Waals surface area contributed by atoms with Crippen LogP contribution in [0.15, 0.2) is 17.0 Å². The van der Waals surface area contributed by atoms with Gasteiger partial charge in [0.2, 0.25) is 5.76 Å². The van der Waals surface area contributed by atoms with Crippen molar-refractivity contribution in [3.63, 3.8) is 0 Å². The van der Waals surface area contributed by atoms with Gasteiger partial charge in [0.25, 0.3) is 0 Å². The van der Waals surface area contributed by atoms with Crippen molar-refractivity contribution in [3.8, 4) is 0 Å². The first-order valence-corrected chi connectivity index (χ1v) is 5.25. The van der Waals surface area contributed by atoms with Gasteiger partial charge in [0.1, 0.15) is 5.84 Å². The Balaban J connectivity index is 2.64. The van der Waals surface area contributed by atoms with E-state index < -0.39 is 17.7 Å². The number of carboxylic acid groups (broad SMARTS) is 2. The molecular weight excluding hydrogens is 228 g/mol. The Bertz CT molecular complexity index is 352. The fraction of sp³-hybridized carbons (Fsp3) is 0.500. The molecule has 0 aromatic heterocycles. The van der Waals surface area contributed by atoms with E-state index in [4.69, 9.17) is 10.2 Å². The van der Waals surface area contributed by atoms with E-state index in [1.807, 2.05) is 0 Å². The maximum absolute atomic E-state index is 10.6. The molecule has 1 aliphatic rings. The van der Waals surface area contributed by atoms with Crippen LogP contribution in [-0.4, -0.2) is 34.5 Å². The highest BCUT2D eigenvalue weighted by Gasteiger charge is 2.13. The van der Waals surface area contributed by atoms with Crippen molar-refractivity contribution in [3.05, 3.63) is 11.8 Å². The van der Waals surface area contributed by atoms with Crippen LogP contribution < -0.4 is 5.32 Å². The molecule has 3 N–H and O–H groups in total. The molecule has 1 aliphatic heterocycles. The van der Waals surface area contributed by atoms with Gasteiger partial charge in [-0.3, -0.25) is 0 Å². The van der Waals surface area contributed by atoms with Crippen molar-refractivity contribution >= 4 is 17.8 Å². The second kappa shape index (κ2) is 6.51. The largest absolute Gasteiger partial charge is 0.478 e. The summed E-state index contributed by atoms with van der Waals surface area (Å²) in [6.07, 6.45) is 4.17. The number of oxime groups is 1. The van der Waals surface area contributed by atoms with E-state index >= 15 is 0 Å². The molecule has 1 fully saturated rings. The van der Waals surface area contributed by atoms with Crippen molar-refractivity contribution in [2.24, 2.45) is 5.16 Å². The van der Waals surface area contributed by atoms with Crippen LogP contribution in [0.1, 0.15) is 25.7 Å². The Morgan fingerprint density at radius 3 is 2.71 bits per heavy atom. The van der Waals surface area contributed by atoms with Gasteiger partial charge < -0.3 is 20.4 Å². The van der Waals surface area contributed by atoms with Crippen molar-refractivity contribution in [2.45, 2.75) is 25.7 Å². The fourth-order valence-corrected chi connectivity index (χ4v) is 1.34. The molecule has 0 aliphatic carbocycles. The molecule has 0 spiro atoms. The minimum atomic E-state index is -1.47. The molecule has 7 heteroatoms. The van der Waals surface area contributed by atoms with E-state index in [-0.39, 0.29) is 0 Å². The van der Waals surface area contributed by atoms with Crippen LogP contribution in [0.3, 0.4) is 0 Å². The summed E-state index contributed by atoms with van der Waals surface area (Å²) in [5.74, 6) is -3.03. The Hall–Kier alpha value is -2.05. The Labute approximate surface area is 97.8 Å². The number of carboxylic acids is 2. The second-order valence-electron chi connectivity index (χ2n) is 3.52. The molecule has 0 saturated carbocycles. The lowest BCUT2D eigenvalue weighted by molar-refractivity contribution is -0.138. The number of rotatable bonds is 4. The molecule has 0 aromatic carbocycles. The van der Waals surface area contributed by atoms with Crippen molar-refractivity contribution in [2.75, 3.05) is 6.54 Å². The highest BCUT2D eigenvalue weighted by atomic mass is 16.6. The lowest BCUT2D eigenvalue weighted by Gasteiger charge is -2.04. The van der Waals surface area contributed by atoms with Crippen molar-refractivity contribution in [1.82, 2.24) is 5.32 Å². The van der Waals surface area contributed by atoms with Gasteiger partial charge >= 0.3 is 11.9 Å². The summed E-state index contributed by atoms with van der Waals surface area (Å²) in [5.41, 5.74) is 0. The molecule has 1 saturated heterocycles. The van der Waals surface area contributed by atoms with Crippen LogP contribution >= 0.6 is 0 Å². The van der Waals surface area contributed by atoms with Crippen molar-refractivity contribution in [1.29, 1.82) is 0 Å². The Morgan fingerprint density at radius 1 is 1.29 bits per heavy atom. The van der Waals surface area contributed by atoms with Crippen LogP contribution in [0, 0.1) is 0 Å². The molecule has 17 heavy (non-hydrogen) atoms. The summed E-state index contributed by atoms with van der Waals surface area (Å²) in [7, 11) is 0. The number of aliphatic carboxylic acids is 2. The van der Waals surface area contributed by atoms with Gasteiger partial charge in [-0.25, -0.2) is 9.59 Å². The predicted octanol–water partition coefficient (Wildman–Crippen LogP) is 0.533. The van der Waals surface area contributed by atoms with Crippen LogP contribution in [0.5, 0.6) is 0 Å². The summed E-state index contributed by atoms with van der Waals surface area (Å²) in [4.78, 5) is 25.6. The number of nitrogens with one attached hydrogen (secondary N) is 1. The smallest absolute Gasteiger partial charge is 0.374 e. The van der Waals surface area contributed by atoms with E-state index in [2.05, 4.69) is 15.3 Å². The van der Waals surface area contributed by atoms with E-state index in [0.29, 0.717) is 18.3 Å². The molecule has 1 heterocycles. The first-order valence-electron chi connectivity index (χ1n) is 5.25. The van der Waals surface area contributed by atoms with Crippen LogP contribution in [0.2, 0.25) is 0 Å². The van der Waals surface area contributed by atoms with Gasteiger partial charge in [0, 0.05) is 13.0 Å². The van der Waals surface area contributed by atoms with E-state index in [1.165, 1.54) is 0 Å². The first kappa shape index (κ1) is 13.0. The average Bonchev–Trinajstić information content (AvgIpc) is 2.51. The third-order valence-corrected chi connectivity index (χ3v) is 2.14. The number of carbonyl (C=O) groups is 2. The predicted molar refractivity (Wildman–Crippen MR) is 58.3 cm³/mol. The van der Waals surface area contributed by atoms with E-state index in [0.717, 1.165) is 25.8 Å². The summed E-state index contributed by atoms with van der Waals surface area (Å²) < 4.78 is 0. The average molecular weight is 242 g/mol. The summed E-state index contributed by atoms with van der Waals surface area (Å²) >= 11 is 0. The zero-order valence-electron chi connectivity index (χ0n) is 9.18. The van der Waals surface area contributed by atoms with Crippen LogP contribution in [0.4, 0.5) is 0 Å². The molecule has 0 atom stereocenters. The van der Waals surface area contributed by atoms with Gasteiger partial charge in [-0.15, -0.1) is 0 Å². The molecular formula is C10H14N2O5. The quantitative estimate of drug-likeness (QED) is 0.377. The molecule has 0 unspecified atom stereocenters. The normalized spacial score (nSPS) is 19.3. The summed E-state index contributed by atoms with van der Waals surface area (Å²) in [6.45, 7) is 0.757. The zero-order valence-corrected chi connectivity index (χ0v) is 9.18. The lowest BCUT2D eigenvalue weighted by Crippen LogP contribution is -2.22. The zero-order chi connectivity index (χ0) is 12.7. The third-order valence-electron chi connectivity index (χ3n) is 2.14. The van der Waals surface area contributed by atoms with E-state index in [1.54, 1.807) is 0 Å². The van der Waals surface area contributed by atoms with Gasteiger partial charge in [-0.1, -0.05) is 11.6 Å². The SMILES string of the molecule is O=C(O)/C=C(\ON=C1CCCCCN1)C(=O)O. The molecule has 94 valence electrons. The number of nitrogens with zero attached hydrogens (tertiary/aromatic N) is 1. The molecule has 0 bridgehead atoms. The fourth-order valence-electron chi connectivity index (χ4n) is 1.34. The second-order valence-corrected chi connectivity index (χ2v) is 3.52. The van der Waals surface area contributed by atoms with E-state index in [9.17, 15) is 9.59 Å². The number of hydrogen-bond acceptors (Lipinski definition) is 4. The van der Waals surface area contributed by atoms with Crippen LogP contribution in [0.25, 0.3) is 0 Å². The van der Waals surface area contributed by atoms with Gasteiger partial charge in [0.15, 0.2) is 0 Å².